The zero-order chi connectivity index (χ0) is 15.1. The van der Waals surface area contributed by atoms with Gasteiger partial charge in [0.15, 0.2) is 0 Å². The van der Waals surface area contributed by atoms with Gasteiger partial charge in [-0.2, -0.15) is 0 Å². The minimum atomic E-state index is 0.0819. The summed E-state index contributed by atoms with van der Waals surface area (Å²) in [4.78, 5) is 10.5. The van der Waals surface area contributed by atoms with Crippen molar-refractivity contribution in [3.63, 3.8) is 0 Å². The lowest BCUT2D eigenvalue weighted by molar-refractivity contribution is 0.226. The first-order valence-corrected chi connectivity index (χ1v) is 7.13. The van der Waals surface area contributed by atoms with Gasteiger partial charge in [-0.25, -0.2) is 9.97 Å². The Morgan fingerprint density at radius 2 is 2.29 bits per heavy atom. The number of furan rings is 1. The van der Waals surface area contributed by atoms with E-state index in [9.17, 15) is 5.11 Å². The van der Waals surface area contributed by atoms with Gasteiger partial charge in [-0.15, -0.1) is 0 Å². The summed E-state index contributed by atoms with van der Waals surface area (Å²) >= 11 is 0. The average molecular weight is 290 g/mol. The molecule has 0 saturated heterocycles. The van der Waals surface area contributed by atoms with Crippen LogP contribution < -0.4 is 10.2 Å². The van der Waals surface area contributed by atoms with E-state index >= 15 is 0 Å². The number of aliphatic hydroxyl groups excluding tert-OH is 1. The summed E-state index contributed by atoms with van der Waals surface area (Å²) in [5, 5.41) is 12.7. The van der Waals surface area contributed by atoms with E-state index in [1.54, 1.807) is 12.6 Å². The first kappa shape index (κ1) is 15.3. The van der Waals surface area contributed by atoms with Crippen LogP contribution in [-0.4, -0.2) is 41.8 Å². The second-order valence-electron chi connectivity index (χ2n) is 4.99. The molecule has 0 aliphatic rings. The van der Waals surface area contributed by atoms with Gasteiger partial charge in [0, 0.05) is 45.1 Å². The summed E-state index contributed by atoms with van der Waals surface area (Å²) in [6.07, 6.45) is 3.89. The molecule has 6 nitrogen and oxygen atoms in total. The summed E-state index contributed by atoms with van der Waals surface area (Å²) in [5.41, 5.74) is 0. The molecule has 0 radical (unpaired) electrons. The predicted molar refractivity (Wildman–Crippen MR) is 82.5 cm³/mol. The van der Waals surface area contributed by atoms with Crippen molar-refractivity contribution < 1.29 is 9.52 Å². The molecule has 2 aromatic heterocycles. The second kappa shape index (κ2) is 7.64. The van der Waals surface area contributed by atoms with Crippen LogP contribution in [0.5, 0.6) is 0 Å². The maximum atomic E-state index is 9.46. The lowest BCUT2D eigenvalue weighted by atomic mass is 10.1. The third-order valence-electron chi connectivity index (χ3n) is 3.42. The van der Waals surface area contributed by atoms with Crippen molar-refractivity contribution in [2.24, 2.45) is 5.92 Å². The van der Waals surface area contributed by atoms with Crippen LogP contribution in [0.3, 0.4) is 0 Å². The molecule has 1 atom stereocenters. The number of hydrogen-bond donors (Lipinski definition) is 2. The highest BCUT2D eigenvalue weighted by molar-refractivity contribution is 5.47. The Morgan fingerprint density at radius 1 is 1.43 bits per heavy atom. The molecular formula is C15H22N4O2. The maximum absolute atomic E-state index is 9.46. The molecule has 1 unspecified atom stereocenters. The quantitative estimate of drug-likeness (QED) is 0.772. The topological polar surface area (TPSA) is 74.4 Å². The van der Waals surface area contributed by atoms with E-state index in [0.29, 0.717) is 13.0 Å². The highest BCUT2D eigenvalue weighted by Gasteiger charge is 2.11. The van der Waals surface area contributed by atoms with Crippen LogP contribution in [0.4, 0.5) is 11.6 Å². The molecule has 0 aromatic carbocycles. The lowest BCUT2D eigenvalue weighted by Crippen LogP contribution is -2.21. The summed E-state index contributed by atoms with van der Waals surface area (Å²) in [6.45, 7) is 3.68. The van der Waals surface area contributed by atoms with Crippen molar-refractivity contribution in [2.45, 2.75) is 13.3 Å². The number of hydrogen-bond acceptors (Lipinski definition) is 6. The number of aromatic nitrogens is 2. The molecule has 6 heteroatoms. The first-order chi connectivity index (χ1) is 10.2. The zero-order valence-corrected chi connectivity index (χ0v) is 12.5. The Bertz CT molecular complexity index is 530. The summed E-state index contributed by atoms with van der Waals surface area (Å²) in [5.74, 6) is 2.60. The molecule has 0 aliphatic heterocycles. The van der Waals surface area contributed by atoms with Gasteiger partial charge in [0.05, 0.1) is 6.26 Å². The van der Waals surface area contributed by atoms with E-state index in [1.807, 2.05) is 30.1 Å². The molecule has 2 N–H and O–H groups in total. The minimum absolute atomic E-state index is 0.0819. The van der Waals surface area contributed by atoms with Gasteiger partial charge < -0.3 is 19.7 Å². The second-order valence-corrected chi connectivity index (χ2v) is 4.99. The van der Waals surface area contributed by atoms with Gasteiger partial charge in [0.2, 0.25) is 0 Å². The van der Waals surface area contributed by atoms with Crippen molar-refractivity contribution in [1.82, 2.24) is 9.97 Å². The SMILES string of the molecule is CCN(C)c1cc(NCC(CO)Cc2ccco2)ncn1. The molecule has 0 saturated carbocycles. The summed E-state index contributed by atoms with van der Waals surface area (Å²) in [6, 6.07) is 5.68. The van der Waals surface area contributed by atoms with Gasteiger partial charge in [0.25, 0.3) is 0 Å². The van der Waals surface area contributed by atoms with Gasteiger partial charge in [-0.05, 0) is 19.1 Å². The normalized spacial score (nSPS) is 12.1. The highest BCUT2D eigenvalue weighted by atomic mass is 16.3. The molecule has 2 heterocycles. The van der Waals surface area contributed by atoms with E-state index < -0.39 is 0 Å². The van der Waals surface area contributed by atoms with Crippen LogP contribution in [0.15, 0.2) is 35.2 Å². The van der Waals surface area contributed by atoms with E-state index in [-0.39, 0.29) is 12.5 Å². The van der Waals surface area contributed by atoms with Crippen LogP contribution in [0.25, 0.3) is 0 Å². The summed E-state index contributed by atoms with van der Waals surface area (Å²) in [7, 11) is 1.99. The fourth-order valence-electron chi connectivity index (χ4n) is 1.98. The van der Waals surface area contributed by atoms with Crippen molar-refractivity contribution in [2.75, 3.05) is 37.0 Å². The Labute approximate surface area is 124 Å². The third-order valence-corrected chi connectivity index (χ3v) is 3.42. The highest BCUT2D eigenvalue weighted by Crippen LogP contribution is 2.14. The molecule has 0 amide bonds. The molecule has 2 rings (SSSR count). The lowest BCUT2D eigenvalue weighted by Gasteiger charge is -2.17. The van der Waals surface area contributed by atoms with Gasteiger partial charge in [0.1, 0.15) is 23.7 Å². The number of anilines is 2. The Morgan fingerprint density at radius 3 is 2.95 bits per heavy atom. The van der Waals surface area contributed by atoms with Crippen LogP contribution in [-0.2, 0) is 6.42 Å². The van der Waals surface area contributed by atoms with Gasteiger partial charge in [-0.1, -0.05) is 0 Å². The molecular weight excluding hydrogens is 268 g/mol. The first-order valence-electron chi connectivity index (χ1n) is 7.13. The number of nitrogens with one attached hydrogen (secondary N) is 1. The molecule has 0 bridgehead atoms. The number of rotatable bonds is 8. The fourth-order valence-corrected chi connectivity index (χ4v) is 1.98. The van der Waals surface area contributed by atoms with Crippen molar-refractivity contribution in [1.29, 1.82) is 0 Å². The van der Waals surface area contributed by atoms with Gasteiger partial charge >= 0.3 is 0 Å². The van der Waals surface area contributed by atoms with E-state index in [0.717, 1.165) is 23.9 Å². The third kappa shape index (κ3) is 4.46. The Hall–Kier alpha value is -2.08. The van der Waals surface area contributed by atoms with Crippen LogP contribution in [0.1, 0.15) is 12.7 Å². The monoisotopic (exact) mass is 290 g/mol. The van der Waals surface area contributed by atoms with E-state index in [2.05, 4.69) is 22.2 Å². The molecule has 114 valence electrons. The number of aliphatic hydroxyl groups is 1. The van der Waals surface area contributed by atoms with E-state index in [4.69, 9.17) is 4.42 Å². The number of nitrogens with zero attached hydrogens (tertiary/aromatic N) is 3. The molecule has 0 spiro atoms. The van der Waals surface area contributed by atoms with Crippen molar-refractivity contribution in [3.05, 3.63) is 36.5 Å². The van der Waals surface area contributed by atoms with Crippen LogP contribution >= 0.6 is 0 Å². The van der Waals surface area contributed by atoms with Crippen molar-refractivity contribution in [3.8, 4) is 0 Å². The van der Waals surface area contributed by atoms with Gasteiger partial charge in [-0.3, -0.25) is 0 Å². The summed E-state index contributed by atoms with van der Waals surface area (Å²) < 4.78 is 5.31. The van der Waals surface area contributed by atoms with Crippen LogP contribution in [0, 0.1) is 5.92 Å². The largest absolute Gasteiger partial charge is 0.469 e. The zero-order valence-electron chi connectivity index (χ0n) is 12.5. The smallest absolute Gasteiger partial charge is 0.133 e. The molecule has 21 heavy (non-hydrogen) atoms. The predicted octanol–water partition coefficient (Wildman–Crippen LogP) is 1.79. The standard InChI is InChI=1S/C15H22N4O2/c1-3-19(2)15-8-14(17-11-18-15)16-9-12(10-20)7-13-5-4-6-21-13/h4-6,8,11-12,20H,3,7,9-10H2,1-2H3,(H,16,17,18). The Balaban J connectivity index is 1.91. The maximum Gasteiger partial charge on any atom is 0.133 e. The fraction of sp³-hybridized carbons (Fsp3) is 0.467. The minimum Gasteiger partial charge on any atom is -0.469 e. The van der Waals surface area contributed by atoms with Crippen LogP contribution in [0.2, 0.25) is 0 Å². The molecule has 0 fully saturated rings. The average Bonchev–Trinajstić information content (AvgIpc) is 3.03. The molecule has 0 aliphatic carbocycles. The Kier molecular flexibility index (Phi) is 5.57. The molecule has 2 aromatic rings. The van der Waals surface area contributed by atoms with E-state index in [1.165, 1.54) is 0 Å². The van der Waals surface area contributed by atoms with Crippen molar-refractivity contribution >= 4 is 11.6 Å².